The van der Waals surface area contributed by atoms with Crippen LogP contribution in [0.1, 0.15) is 6.92 Å². The molecule has 66 valence electrons. The van der Waals surface area contributed by atoms with E-state index in [1.807, 2.05) is 0 Å². The number of ether oxygens (including phenoxy) is 1. The minimum Gasteiger partial charge on any atom is -0.554 e. The van der Waals surface area contributed by atoms with Gasteiger partial charge in [-0.25, -0.2) is 0 Å². The van der Waals surface area contributed by atoms with E-state index >= 15 is 0 Å². The van der Waals surface area contributed by atoms with E-state index in [-0.39, 0.29) is 0 Å². The summed E-state index contributed by atoms with van der Waals surface area (Å²) >= 11 is 0. The lowest BCUT2D eigenvalue weighted by Gasteiger charge is -2.21. The van der Waals surface area contributed by atoms with Crippen molar-refractivity contribution in [1.29, 1.82) is 0 Å². The van der Waals surface area contributed by atoms with Gasteiger partial charge < -0.3 is 19.5 Å². The van der Waals surface area contributed by atoms with Gasteiger partial charge in [0.1, 0.15) is 13.1 Å². The molecule has 1 heterocycles. The topological polar surface area (TPSA) is 53.8 Å². The fourth-order valence-electron chi connectivity index (χ4n) is 1.01. The molecular formula is C7H15NO3. The van der Waals surface area contributed by atoms with Crippen molar-refractivity contribution < 1.29 is 19.5 Å². The van der Waals surface area contributed by atoms with Gasteiger partial charge >= 0.3 is 0 Å². The molecule has 1 rings (SSSR count). The van der Waals surface area contributed by atoms with Crippen LogP contribution in [0.2, 0.25) is 0 Å². The lowest BCUT2D eigenvalue weighted by atomic mass is 10.4. The zero-order chi connectivity index (χ0) is 8.53. The Kier molecular flexibility index (Phi) is 7.08. The van der Waals surface area contributed by atoms with Crippen LogP contribution in [0.15, 0.2) is 0 Å². The van der Waals surface area contributed by atoms with E-state index in [4.69, 9.17) is 14.6 Å². The first-order valence-electron chi connectivity index (χ1n) is 3.82. The summed E-state index contributed by atoms with van der Waals surface area (Å²) in [7, 11) is 0. The quantitative estimate of drug-likeness (QED) is 0.425. The fourth-order valence-corrected chi connectivity index (χ4v) is 1.01. The maximum absolute atomic E-state index is 8.25. The highest BCUT2D eigenvalue weighted by Gasteiger charge is 2.09. The molecule has 0 aromatic heterocycles. The molecule has 0 amide bonds. The van der Waals surface area contributed by atoms with Crippen LogP contribution < -0.4 is 10.0 Å². The first-order valence-corrected chi connectivity index (χ1v) is 3.82. The molecule has 0 atom stereocenters. The van der Waals surface area contributed by atoms with Crippen LogP contribution in [-0.2, 0) is 9.53 Å². The first-order chi connectivity index (χ1) is 5.35. The largest absolute Gasteiger partial charge is 0.554 e. The number of nitrogens with one attached hydrogen (secondary N) is 1. The zero-order valence-corrected chi connectivity index (χ0v) is 6.84. The summed E-state index contributed by atoms with van der Waals surface area (Å²) in [4.78, 5) is 9.93. The first kappa shape index (κ1) is 10.4. The molecular weight excluding hydrogens is 146 g/mol. The second kappa shape index (κ2) is 7.50. The molecule has 0 aliphatic carbocycles. The maximum Gasteiger partial charge on any atom is 0.101 e. The van der Waals surface area contributed by atoms with Gasteiger partial charge in [0.15, 0.2) is 0 Å². The Bertz CT molecular complexity index is 91.7. The normalized spacial score (nSPS) is 18.3. The Morgan fingerprint density at radius 1 is 1.55 bits per heavy atom. The molecule has 0 aromatic carbocycles. The predicted molar refractivity (Wildman–Crippen MR) is 38.1 cm³/mol. The Labute approximate surface area is 66.8 Å². The van der Waals surface area contributed by atoms with Crippen LogP contribution in [0.25, 0.3) is 0 Å². The number of carboxylic acid groups (broad SMARTS) is 1. The monoisotopic (exact) mass is 161 g/mol. The summed E-state index contributed by atoms with van der Waals surface area (Å²) < 4.78 is 5.18. The van der Waals surface area contributed by atoms with Gasteiger partial charge in [0.2, 0.25) is 0 Å². The van der Waals surface area contributed by atoms with Crippen molar-refractivity contribution in [3.63, 3.8) is 0 Å². The maximum atomic E-state index is 8.25. The number of carbonyl (C=O) groups is 1. The molecule has 0 aromatic rings. The van der Waals surface area contributed by atoms with E-state index in [9.17, 15) is 0 Å². The van der Waals surface area contributed by atoms with Crippen LogP contribution in [-0.4, -0.2) is 39.3 Å². The van der Waals surface area contributed by atoms with Crippen LogP contribution in [0.3, 0.4) is 0 Å². The molecule has 1 N–H and O–H groups in total. The van der Waals surface area contributed by atoms with Crippen LogP contribution in [0.4, 0.5) is 0 Å². The molecule has 0 unspecified atom stereocenters. The minimum absolute atomic E-state index is 0.500. The standard InChI is InChI=1S/C6H13NO.CH2O2/c1-2-7-3-5-8-6-4-7;2-1-3/h2-6H2,1H3;1H,(H,2,3). The number of hydrogen-bond acceptors (Lipinski definition) is 3. The fraction of sp³-hybridized carbons (Fsp3) is 0.857. The lowest BCUT2D eigenvalue weighted by molar-refractivity contribution is -0.906. The molecule has 1 aliphatic rings. The average molecular weight is 161 g/mol. The van der Waals surface area contributed by atoms with E-state index in [1.54, 1.807) is 4.90 Å². The van der Waals surface area contributed by atoms with Crippen molar-refractivity contribution in [2.75, 3.05) is 32.8 Å². The number of likely N-dealkylation sites (N-methyl/N-ethyl adjacent to an activating group) is 1. The van der Waals surface area contributed by atoms with Gasteiger partial charge in [0, 0.05) is 6.47 Å². The summed E-state index contributed by atoms with van der Waals surface area (Å²) in [5.41, 5.74) is 0. The average Bonchev–Trinajstić information content (AvgIpc) is 2.08. The zero-order valence-electron chi connectivity index (χ0n) is 6.84. The van der Waals surface area contributed by atoms with Gasteiger partial charge in [-0.15, -0.1) is 0 Å². The minimum atomic E-state index is -0.500. The van der Waals surface area contributed by atoms with Crippen LogP contribution in [0.5, 0.6) is 0 Å². The molecule has 1 aliphatic heterocycles. The van der Waals surface area contributed by atoms with E-state index < -0.39 is 6.47 Å². The van der Waals surface area contributed by atoms with Crippen molar-refractivity contribution in [2.24, 2.45) is 0 Å². The summed E-state index contributed by atoms with van der Waals surface area (Å²) in [6.07, 6.45) is 0. The molecule has 1 fully saturated rings. The third-order valence-electron chi connectivity index (χ3n) is 1.70. The number of carbonyl (C=O) groups excluding carboxylic acids is 1. The van der Waals surface area contributed by atoms with Crippen LogP contribution in [0, 0.1) is 0 Å². The third-order valence-corrected chi connectivity index (χ3v) is 1.70. The molecule has 0 bridgehead atoms. The number of quaternary nitrogens is 1. The highest BCUT2D eigenvalue weighted by molar-refractivity contribution is 5.29. The van der Waals surface area contributed by atoms with Crippen LogP contribution >= 0.6 is 0 Å². The Morgan fingerprint density at radius 2 is 2.00 bits per heavy atom. The highest BCUT2D eigenvalue weighted by Crippen LogP contribution is 1.73. The van der Waals surface area contributed by atoms with Crippen molar-refractivity contribution >= 4 is 6.47 Å². The number of hydrogen-bond donors (Lipinski definition) is 1. The molecule has 11 heavy (non-hydrogen) atoms. The van der Waals surface area contributed by atoms with Crippen molar-refractivity contribution in [3.8, 4) is 0 Å². The Balaban J connectivity index is 0.000000292. The summed E-state index contributed by atoms with van der Waals surface area (Å²) in [6, 6.07) is 0. The van der Waals surface area contributed by atoms with Gasteiger partial charge in [-0.05, 0) is 6.92 Å². The van der Waals surface area contributed by atoms with Gasteiger partial charge in [-0.2, -0.15) is 0 Å². The lowest BCUT2D eigenvalue weighted by Crippen LogP contribution is -3.13. The van der Waals surface area contributed by atoms with E-state index in [2.05, 4.69) is 6.92 Å². The van der Waals surface area contributed by atoms with Gasteiger partial charge in [0.25, 0.3) is 0 Å². The van der Waals surface area contributed by atoms with Gasteiger partial charge in [-0.3, -0.25) is 0 Å². The van der Waals surface area contributed by atoms with Crippen molar-refractivity contribution in [2.45, 2.75) is 6.92 Å². The van der Waals surface area contributed by atoms with E-state index in [0.717, 1.165) is 13.2 Å². The highest BCUT2D eigenvalue weighted by atomic mass is 16.5. The summed E-state index contributed by atoms with van der Waals surface area (Å²) in [5.74, 6) is 0. The van der Waals surface area contributed by atoms with Gasteiger partial charge in [-0.1, -0.05) is 0 Å². The second-order valence-electron chi connectivity index (χ2n) is 2.31. The smallest absolute Gasteiger partial charge is 0.101 e. The second-order valence-corrected chi connectivity index (χ2v) is 2.31. The predicted octanol–water partition coefficient (Wildman–Crippen LogP) is -2.71. The molecule has 0 saturated carbocycles. The van der Waals surface area contributed by atoms with Gasteiger partial charge in [0.05, 0.1) is 19.8 Å². The number of morpholine rings is 1. The Morgan fingerprint density at radius 3 is 2.27 bits per heavy atom. The molecule has 0 radical (unpaired) electrons. The van der Waals surface area contributed by atoms with Crippen molar-refractivity contribution in [3.05, 3.63) is 0 Å². The summed E-state index contributed by atoms with van der Waals surface area (Å²) in [6.45, 7) is 7.31. The molecule has 1 saturated heterocycles. The third kappa shape index (κ3) is 5.82. The molecule has 4 heteroatoms. The van der Waals surface area contributed by atoms with E-state index in [0.29, 0.717) is 0 Å². The molecule has 0 spiro atoms. The Hall–Kier alpha value is -0.610. The van der Waals surface area contributed by atoms with E-state index in [1.165, 1.54) is 19.6 Å². The summed E-state index contributed by atoms with van der Waals surface area (Å²) in [5, 5.41) is 8.25. The van der Waals surface area contributed by atoms with Crippen molar-refractivity contribution in [1.82, 2.24) is 0 Å². The number of rotatable bonds is 1. The SMILES string of the molecule is CC[NH+]1CCOCC1.O=C[O-]. The molecule has 4 nitrogen and oxygen atoms in total.